The summed E-state index contributed by atoms with van der Waals surface area (Å²) < 4.78 is 5.66. The first kappa shape index (κ1) is 24.8. The van der Waals surface area contributed by atoms with Gasteiger partial charge < -0.3 is 20.1 Å². The third-order valence-corrected chi connectivity index (χ3v) is 7.47. The Kier molecular flexibility index (Phi) is 7.43. The van der Waals surface area contributed by atoms with E-state index in [1.807, 2.05) is 38.1 Å². The zero-order valence-electron chi connectivity index (χ0n) is 20.6. The number of hydrogen-bond acceptors (Lipinski definition) is 4. The molecular formula is C28H34N2O5. The van der Waals surface area contributed by atoms with Gasteiger partial charge in [0.1, 0.15) is 6.61 Å². The van der Waals surface area contributed by atoms with Gasteiger partial charge in [0.25, 0.3) is 0 Å². The van der Waals surface area contributed by atoms with Crippen molar-refractivity contribution in [3.63, 3.8) is 0 Å². The zero-order chi connectivity index (χ0) is 25.1. The SMILES string of the molecule is CC(C)C(CC(=O)N1CCCC(C(=O)O)C1C)NC(=O)OCC1c2ccccc2-c2ccccc21. The van der Waals surface area contributed by atoms with Crippen LogP contribution in [0.3, 0.4) is 0 Å². The number of amides is 2. The molecule has 1 saturated heterocycles. The number of likely N-dealkylation sites (tertiary alicyclic amines) is 1. The van der Waals surface area contributed by atoms with Crippen molar-refractivity contribution in [1.82, 2.24) is 10.2 Å². The molecule has 35 heavy (non-hydrogen) atoms. The second-order valence-corrected chi connectivity index (χ2v) is 9.94. The van der Waals surface area contributed by atoms with Gasteiger partial charge in [0.05, 0.1) is 5.92 Å². The summed E-state index contributed by atoms with van der Waals surface area (Å²) in [5.74, 6) is -1.59. The molecule has 1 aliphatic carbocycles. The lowest BCUT2D eigenvalue weighted by Crippen LogP contribution is -2.51. The number of nitrogens with zero attached hydrogens (tertiary/aromatic N) is 1. The number of ether oxygens (including phenoxy) is 1. The minimum absolute atomic E-state index is 0.00907. The first-order chi connectivity index (χ1) is 16.8. The molecule has 2 N–H and O–H groups in total. The molecule has 2 aromatic carbocycles. The third kappa shape index (κ3) is 5.19. The van der Waals surface area contributed by atoms with Gasteiger partial charge in [-0.25, -0.2) is 4.79 Å². The van der Waals surface area contributed by atoms with Gasteiger partial charge in [-0.2, -0.15) is 0 Å². The Hall–Kier alpha value is -3.35. The topological polar surface area (TPSA) is 95.9 Å². The second kappa shape index (κ2) is 10.5. The normalized spacial score (nSPS) is 20.2. The van der Waals surface area contributed by atoms with Crippen LogP contribution in [0.15, 0.2) is 48.5 Å². The molecule has 0 aromatic heterocycles. The van der Waals surface area contributed by atoms with Crippen molar-refractivity contribution in [2.75, 3.05) is 13.2 Å². The molecule has 3 unspecified atom stereocenters. The number of aliphatic carboxylic acids is 1. The number of piperidine rings is 1. The number of carboxylic acids is 1. The van der Waals surface area contributed by atoms with Crippen molar-refractivity contribution < 1.29 is 24.2 Å². The van der Waals surface area contributed by atoms with Crippen molar-refractivity contribution in [2.45, 2.75) is 58.0 Å². The Labute approximate surface area is 206 Å². The summed E-state index contributed by atoms with van der Waals surface area (Å²) in [4.78, 5) is 39.0. The molecule has 4 rings (SSSR count). The number of rotatable bonds is 7. The maximum Gasteiger partial charge on any atom is 0.407 e. The minimum atomic E-state index is -0.868. The highest BCUT2D eigenvalue weighted by atomic mass is 16.5. The quantitative estimate of drug-likeness (QED) is 0.604. The standard InChI is InChI=1S/C28H34N2O5/c1-17(2)25(15-26(31)30-14-8-13-19(18(30)3)27(32)33)29-28(34)35-16-24-22-11-6-4-9-20(22)21-10-5-7-12-23(21)24/h4-7,9-12,17-19,24-25H,8,13-16H2,1-3H3,(H,29,34)(H,32,33). The van der Waals surface area contributed by atoms with Crippen LogP contribution in [0, 0.1) is 11.8 Å². The lowest BCUT2D eigenvalue weighted by atomic mass is 9.89. The van der Waals surface area contributed by atoms with Crippen LogP contribution in [0.25, 0.3) is 11.1 Å². The monoisotopic (exact) mass is 478 g/mol. The van der Waals surface area contributed by atoms with Crippen LogP contribution >= 0.6 is 0 Å². The Balaban J connectivity index is 1.38. The summed E-state index contributed by atoms with van der Waals surface area (Å²) in [5, 5.41) is 12.3. The van der Waals surface area contributed by atoms with Crippen molar-refractivity contribution in [1.29, 1.82) is 0 Å². The number of carbonyl (C=O) groups excluding carboxylic acids is 2. The van der Waals surface area contributed by atoms with E-state index in [0.29, 0.717) is 19.4 Å². The fourth-order valence-electron chi connectivity index (χ4n) is 5.38. The molecule has 2 amide bonds. The highest BCUT2D eigenvalue weighted by Crippen LogP contribution is 2.44. The van der Waals surface area contributed by atoms with Crippen LogP contribution in [0.5, 0.6) is 0 Å². The van der Waals surface area contributed by atoms with Crippen molar-refractivity contribution in [3.05, 3.63) is 59.7 Å². The molecule has 1 heterocycles. The summed E-state index contributed by atoms with van der Waals surface area (Å²) in [6.07, 6.45) is 0.803. The van der Waals surface area contributed by atoms with Crippen molar-refractivity contribution in [2.24, 2.45) is 11.8 Å². The molecular weight excluding hydrogens is 444 g/mol. The fraction of sp³-hybridized carbons (Fsp3) is 0.464. The number of carbonyl (C=O) groups is 3. The van der Waals surface area contributed by atoms with E-state index in [4.69, 9.17) is 4.74 Å². The highest BCUT2D eigenvalue weighted by molar-refractivity contribution is 5.81. The lowest BCUT2D eigenvalue weighted by molar-refractivity contribution is -0.149. The molecule has 0 saturated carbocycles. The van der Waals surface area contributed by atoms with Crippen LogP contribution in [-0.2, 0) is 14.3 Å². The maximum atomic E-state index is 13.1. The first-order valence-corrected chi connectivity index (χ1v) is 12.4. The number of nitrogens with one attached hydrogen (secondary N) is 1. The Morgan fingerprint density at radius 3 is 2.23 bits per heavy atom. The van der Waals surface area contributed by atoms with Gasteiger partial charge in [-0.05, 0) is 47.9 Å². The van der Waals surface area contributed by atoms with E-state index in [1.165, 1.54) is 0 Å². The summed E-state index contributed by atoms with van der Waals surface area (Å²) in [7, 11) is 0. The van der Waals surface area contributed by atoms with E-state index in [0.717, 1.165) is 22.3 Å². The van der Waals surface area contributed by atoms with Crippen molar-refractivity contribution >= 4 is 18.0 Å². The summed E-state index contributed by atoms with van der Waals surface area (Å²) >= 11 is 0. The van der Waals surface area contributed by atoms with Gasteiger partial charge >= 0.3 is 12.1 Å². The van der Waals surface area contributed by atoms with Crippen LogP contribution < -0.4 is 5.32 Å². The van der Waals surface area contributed by atoms with Crippen LogP contribution in [0.4, 0.5) is 4.79 Å². The minimum Gasteiger partial charge on any atom is -0.481 e. The van der Waals surface area contributed by atoms with E-state index < -0.39 is 24.0 Å². The van der Waals surface area contributed by atoms with Gasteiger partial charge in [-0.3, -0.25) is 9.59 Å². The first-order valence-electron chi connectivity index (χ1n) is 12.4. The Morgan fingerprint density at radius 2 is 1.66 bits per heavy atom. The Morgan fingerprint density at radius 1 is 1.06 bits per heavy atom. The molecule has 2 aromatic rings. The van der Waals surface area contributed by atoms with Gasteiger partial charge in [0, 0.05) is 31.0 Å². The molecule has 7 nitrogen and oxygen atoms in total. The van der Waals surface area contributed by atoms with Crippen LogP contribution in [-0.4, -0.2) is 53.2 Å². The fourth-order valence-corrected chi connectivity index (χ4v) is 5.38. The summed E-state index contributed by atoms with van der Waals surface area (Å²) in [6, 6.07) is 15.6. The number of alkyl carbamates (subject to hydrolysis) is 1. The predicted molar refractivity (Wildman–Crippen MR) is 133 cm³/mol. The molecule has 0 spiro atoms. The lowest BCUT2D eigenvalue weighted by Gasteiger charge is -2.38. The molecule has 1 fully saturated rings. The van der Waals surface area contributed by atoms with Crippen LogP contribution in [0.2, 0.25) is 0 Å². The molecule has 0 bridgehead atoms. The van der Waals surface area contributed by atoms with Gasteiger partial charge in [-0.15, -0.1) is 0 Å². The highest BCUT2D eigenvalue weighted by Gasteiger charge is 2.36. The maximum absolute atomic E-state index is 13.1. The number of carboxylic acid groups (broad SMARTS) is 1. The molecule has 186 valence electrons. The van der Waals surface area contributed by atoms with E-state index in [-0.39, 0.29) is 36.8 Å². The zero-order valence-corrected chi connectivity index (χ0v) is 20.6. The molecule has 0 radical (unpaired) electrons. The van der Waals surface area contributed by atoms with E-state index in [1.54, 1.807) is 11.8 Å². The van der Waals surface area contributed by atoms with Crippen LogP contribution in [0.1, 0.15) is 57.1 Å². The number of fused-ring (bicyclic) bond motifs is 3. The van der Waals surface area contributed by atoms with Crippen molar-refractivity contribution in [3.8, 4) is 11.1 Å². The molecule has 3 atom stereocenters. The van der Waals surface area contributed by atoms with E-state index in [2.05, 4.69) is 29.6 Å². The van der Waals surface area contributed by atoms with Gasteiger partial charge in [0.15, 0.2) is 0 Å². The van der Waals surface area contributed by atoms with E-state index >= 15 is 0 Å². The molecule has 7 heteroatoms. The number of benzene rings is 2. The average Bonchev–Trinajstić information content (AvgIpc) is 3.16. The second-order valence-electron chi connectivity index (χ2n) is 9.94. The number of hydrogen-bond donors (Lipinski definition) is 2. The van der Waals surface area contributed by atoms with E-state index in [9.17, 15) is 19.5 Å². The summed E-state index contributed by atoms with van der Waals surface area (Å²) in [5.41, 5.74) is 4.62. The third-order valence-electron chi connectivity index (χ3n) is 7.47. The van der Waals surface area contributed by atoms with Gasteiger partial charge in [0.2, 0.25) is 5.91 Å². The largest absolute Gasteiger partial charge is 0.481 e. The van der Waals surface area contributed by atoms with Gasteiger partial charge in [-0.1, -0.05) is 62.4 Å². The molecule has 1 aliphatic heterocycles. The smallest absolute Gasteiger partial charge is 0.407 e. The predicted octanol–water partition coefficient (Wildman–Crippen LogP) is 4.65. The summed E-state index contributed by atoms with van der Waals surface area (Å²) in [6.45, 7) is 6.43. The molecule has 2 aliphatic rings. The average molecular weight is 479 g/mol. The Bertz CT molecular complexity index is 1050.